The minimum Gasteiger partial charge on any atom is -0.506 e. The van der Waals surface area contributed by atoms with Crippen molar-refractivity contribution < 1.29 is 5.11 Å². The summed E-state index contributed by atoms with van der Waals surface area (Å²) in [4.78, 5) is 11.5. The number of hydrogen-bond donors (Lipinski definition) is 3. The number of hydrogen-bond acceptors (Lipinski definition) is 6. The molecule has 0 saturated carbocycles. The zero-order valence-electron chi connectivity index (χ0n) is 18.2. The van der Waals surface area contributed by atoms with Crippen LogP contribution < -0.4 is 10.6 Å². The highest BCUT2D eigenvalue weighted by Gasteiger charge is 2.12. The molecule has 0 radical (unpaired) electrons. The normalized spacial score (nSPS) is 10.7. The predicted molar refractivity (Wildman–Crippen MR) is 126 cm³/mol. The number of aromatic nitrogens is 2. The topological polar surface area (TPSA) is 73.3 Å². The molecule has 162 valence electrons. The molecule has 7 heteroatoms. The fourth-order valence-electron chi connectivity index (χ4n) is 3.08. The first-order valence-electron chi connectivity index (χ1n) is 10.4. The summed E-state index contributed by atoms with van der Waals surface area (Å²) in [5.41, 5.74) is 1.70. The van der Waals surface area contributed by atoms with Gasteiger partial charge in [-0.05, 0) is 45.3 Å². The highest BCUT2D eigenvalue weighted by molar-refractivity contribution is 6.32. The van der Waals surface area contributed by atoms with Gasteiger partial charge in [-0.1, -0.05) is 49.7 Å². The largest absolute Gasteiger partial charge is 0.506 e. The molecule has 6 nitrogen and oxygen atoms in total. The van der Waals surface area contributed by atoms with Gasteiger partial charge in [0.15, 0.2) is 0 Å². The lowest BCUT2D eigenvalue weighted by atomic mass is 10.2. The van der Waals surface area contributed by atoms with Crippen molar-refractivity contribution in [2.24, 2.45) is 0 Å². The van der Waals surface area contributed by atoms with Crippen LogP contribution in [0.25, 0.3) is 10.9 Å². The Bertz CT molecular complexity index is 935. The number of fused-ring (bicyclic) bond motifs is 1. The van der Waals surface area contributed by atoms with Crippen molar-refractivity contribution in [2.75, 3.05) is 32.5 Å². The molecule has 30 heavy (non-hydrogen) atoms. The number of aromatic hydroxyl groups is 1. The van der Waals surface area contributed by atoms with Gasteiger partial charge in [0.25, 0.3) is 0 Å². The van der Waals surface area contributed by atoms with Crippen LogP contribution >= 0.6 is 11.6 Å². The van der Waals surface area contributed by atoms with E-state index in [-0.39, 0.29) is 5.75 Å². The molecule has 0 bridgehead atoms. The van der Waals surface area contributed by atoms with Crippen molar-refractivity contribution in [2.45, 2.75) is 33.4 Å². The Labute approximate surface area is 184 Å². The van der Waals surface area contributed by atoms with Gasteiger partial charge in [0.2, 0.25) is 0 Å². The van der Waals surface area contributed by atoms with Crippen LogP contribution in [0.2, 0.25) is 5.02 Å². The zero-order valence-corrected chi connectivity index (χ0v) is 19.0. The maximum Gasteiger partial charge on any atom is 0.145 e. The Balaban J connectivity index is 0.00000155. The molecule has 3 N–H and O–H groups in total. The first-order chi connectivity index (χ1) is 14.6. The Morgan fingerprint density at radius 3 is 2.53 bits per heavy atom. The van der Waals surface area contributed by atoms with Gasteiger partial charge < -0.3 is 15.7 Å². The first-order valence-corrected chi connectivity index (χ1v) is 10.8. The lowest BCUT2D eigenvalue weighted by Gasteiger charge is -2.18. The van der Waals surface area contributed by atoms with Crippen LogP contribution in [0, 0.1) is 0 Å². The van der Waals surface area contributed by atoms with Gasteiger partial charge in [-0.3, -0.25) is 4.90 Å². The molecule has 2 aromatic carbocycles. The quantitative estimate of drug-likeness (QED) is 0.429. The summed E-state index contributed by atoms with van der Waals surface area (Å²) in [6.45, 7) is 6.90. The number of nitrogens with one attached hydrogen (secondary N) is 2. The summed E-state index contributed by atoms with van der Waals surface area (Å²) >= 11 is 6.01. The van der Waals surface area contributed by atoms with E-state index in [0.717, 1.165) is 47.6 Å². The Morgan fingerprint density at radius 2 is 1.77 bits per heavy atom. The number of nitrogens with zero attached hydrogens (tertiary/aromatic N) is 3. The van der Waals surface area contributed by atoms with Crippen molar-refractivity contribution in [3.8, 4) is 5.75 Å². The fraction of sp³-hybridized carbons (Fsp3) is 0.391. The van der Waals surface area contributed by atoms with Gasteiger partial charge in [-0.25, -0.2) is 9.97 Å². The molecule has 0 spiro atoms. The van der Waals surface area contributed by atoms with Crippen LogP contribution in [0.4, 0.5) is 5.82 Å². The van der Waals surface area contributed by atoms with Gasteiger partial charge in [0.05, 0.1) is 17.1 Å². The molecule has 3 aromatic rings. The highest BCUT2D eigenvalue weighted by atomic mass is 35.5. The van der Waals surface area contributed by atoms with Crippen molar-refractivity contribution in [3.63, 3.8) is 0 Å². The minimum absolute atomic E-state index is 0.127. The third-order valence-electron chi connectivity index (χ3n) is 4.47. The minimum atomic E-state index is 0.127. The first kappa shape index (κ1) is 23.9. The van der Waals surface area contributed by atoms with E-state index in [2.05, 4.69) is 15.5 Å². The fourth-order valence-corrected chi connectivity index (χ4v) is 3.27. The van der Waals surface area contributed by atoms with Crippen LogP contribution in [-0.2, 0) is 13.1 Å². The van der Waals surface area contributed by atoms with Crippen molar-refractivity contribution in [1.29, 1.82) is 0 Å². The third kappa shape index (κ3) is 6.55. The van der Waals surface area contributed by atoms with E-state index in [1.807, 2.05) is 64.3 Å². The van der Waals surface area contributed by atoms with Gasteiger partial charge >= 0.3 is 0 Å². The van der Waals surface area contributed by atoms with Gasteiger partial charge in [-0.2, -0.15) is 0 Å². The smallest absolute Gasteiger partial charge is 0.145 e. The van der Waals surface area contributed by atoms with Crippen LogP contribution in [0.3, 0.4) is 0 Å². The molecule has 0 saturated heterocycles. The van der Waals surface area contributed by atoms with Crippen LogP contribution in [0.5, 0.6) is 5.75 Å². The summed E-state index contributed by atoms with van der Waals surface area (Å²) in [7, 11) is 3.92. The van der Waals surface area contributed by atoms with Crippen molar-refractivity contribution in [1.82, 2.24) is 20.2 Å². The molecule has 0 aliphatic rings. The number of halogens is 1. The van der Waals surface area contributed by atoms with E-state index < -0.39 is 0 Å². The second kappa shape index (κ2) is 12.3. The van der Waals surface area contributed by atoms with Crippen molar-refractivity contribution in [3.05, 3.63) is 58.9 Å². The predicted octanol–water partition coefficient (Wildman–Crippen LogP) is 4.67. The third-order valence-corrected chi connectivity index (χ3v) is 4.77. The average molecular weight is 430 g/mol. The molecule has 0 aliphatic carbocycles. The maximum atomic E-state index is 10.1. The summed E-state index contributed by atoms with van der Waals surface area (Å²) in [6, 6.07) is 13.4. The van der Waals surface area contributed by atoms with Gasteiger partial charge in [0, 0.05) is 24.0 Å². The molecule has 0 aliphatic heterocycles. The summed E-state index contributed by atoms with van der Waals surface area (Å²) < 4.78 is 0. The molecule has 0 amide bonds. The maximum absolute atomic E-state index is 10.1. The van der Waals surface area contributed by atoms with Crippen LogP contribution in [0.15, 0.2) is 42.5 Å². The van der Waals surface area contributed by atoms with E-state index in [9.17, 15) is 5.11 Å². The van der Waals surface area contributed by atoms with Gasteiger partial charge in [-0.15, -0.1) is 0 Å². The number of rotatable bonds is 9. The standard InChI is InChI=1S/C21H26ClN5O.C2H6/c1-23-11-6-12-24-21-16-8-3-4-10-18(16)25-19(26-21)14-27(2)13-15-7-5-9-17(22)20(15)28;1-2/h3-5,7-10,23,28H,6,11-14H2,1-2H3,(H,24,25,26);1-2H3. The Morgan fingerprint density at radius 1 is 1.00 bits per heavy atom. The summed E-state index contributed by atoms with van der Waals surface area (Å²) in [5.74, 6) is 1.72. The van der Waals surface area contributed by atoms with E-state index in [4.69, 9.17) is 21.6 Å². The number of anilines is 1. The van der Waals surface area contributed by atoms with E-state index in [1.165, 1.54) is 0 Å². The number of phenolic OH excluding ortho intramolecular Hbond substituents is 1. The van der Waals surface area contributed by atoms with Crippen LogP contribution in [0.1, 0.15) is 31.7 Å². The van der Waals surface area contributed by atoms with E-state index in [0.29, 0.717) is 18.1 Å². The van der Waals surface area contributed by atoms with Crippen molar-refractivity contribution >= 4 is 28.3 Å². The van der Waals surface area contributed by atoms with E-state index in [1.54, 1.807) is 6.07 Å². The number of phenols is 1. The number of para-hydroxylation sites is 2. The molecule has 0 unspecified atom stereocenters. The second-order valence-corrected chi connectivity index (χ2v) is 7.22. The van der Waals surface area contributed by atoms with Crippen LogP contribution in [-0.4, -0.2) is 47.2 Å². The highest BCUT2D eigenvalue weighted by Crippen LogP contribution is 2.28. The second-order valence-electron chi connectivity index (χ2n) is 6.81. The lowest BCUT2D eigenvalue weighted by Crippen LogP contribution is -2.20. The number of benzene rings is 2. The molecule has 1 heterocycles. The average Bonchev–Trinajstić information content (AvgIpc) is 2.76. The SMILES string of the molecule is CC.CNCCCNc1nc(CN(C)Cc2cccc(Cl)c2O)nc2ccccc12. The lowest BCUT2D eigenvalue weighted by molar-refractivity contribution is 0.305. The summed E-state index contributed by atoms with van der Waals surface area (Å²) in [5, 5.41) is 18.1. The van der Waals surface area contributed by atoms with Gasteiger partial charge in [0.1, 0.15) is 17.4 Å². The monoisotopic (exact) mass is 429 g/mol. The molecular formula is C23H32ClN5O. The zero-order chi connectivity index (χ0) is 21.9. The van der Waals surface area contributed by atoms with E-state index >= 15 is 0 Å². The molecule has 1 aromatic heterocycles. The Kier molecular flexibility index (Phi) is 9.80. The summed E-state index contributed by atoms with van der Waals surface area (Å²) in [6.07, 6.45) is 1.01. The molecule has 3 rings (SSSR count). The molecule has 0 fully saturated rings. The molecule has 0 atom stereocenters. The Hall–Kier alpha value is -2.41. The molecular weight excluding hydrogens is 398 g/mol.